The van der Waals surface area contributed by atoms with E-state index in [9.17, 15) is 0 Å². The maximum Gasteiger partial charge on any atom is 0.229 e. The molecule has 104 valence electrons. The molecule has 1 heterocycles. The molecule has 0 radical (unpaired) electrons. The molecule has 2 N–H and O–H groups in total. The summed E-state index contributed by atoms with van der Waals surface area (Å²) in [5, 5.41) is 6.43. The van der Waals surface area contributed by atoms with Crippen molar-refractivity contribution in [2.75, 3.05) is 17.2 Å². The van der Waals surface area contributed by atoms with Crippen molar-refractivity contribution >= 4 is 17.5 Å². The summed E-state index contributed by atoms with van der Waals surface area (Å²) in [4.78, 5) is 8.68. The summed E-state index contributed by atoms with van der Waals surface area (Å²) < 4.78 is 0. The molecule has 4 nitrogen and oxygen atoms in total. The van der Waals surface area contributed by atoms with Crippen molar-refractivity contribution in [2.45, 2.75) is 19.8 Å². The Labute approximate surface area is 120 Å². The fourth-order valence-corrected chi connectivity index (χ4v) is 1.93. The summed E-state index contributed by atoms with van der Waals surface area (Å²) in [5.41, 5.74) is 2.30. The monoisotopic (exact) mass is 268 g/mol. The Kier molecular flexibility index (Phi) is 4.71. The zero-order valence-electron chi connectivity index (χ0n) is 11.9. The highest BCUT2D eigenvalue weighted by molar-refractivity contribution is 5.60. The van der Waals surface area contributed by atoms with Crippen LogP contribution in [-0.2, 0) is 0 Å². The molecule has 4 heteroatoms. The van der Waals surface area contributed by atoms with E-state index in [1.807, 2.05) is 24.3 Å². The SMILES string of the molecule is C=CCNc1ccnc(Nc2ccccc2C(C)C)n1. The van der Waals surface area contributed by atoms with Gasteiger partial charge in [-0.25, -0.2) is 4.98 Å². The number of benzene rings is 1. The number of para-hydroxylation sites is 1. The van der Waals surface area contributed by atoms with Gasteiger partial charge < -0.3 is 10.6 Å². The molecular weight excluding hydrogens is 248 g/mol. The summed E-state index contributed by atoms with van der Waals surface area (Å²) in [5.74, 6) is 1.82. The molecule has 1 aromatic heterocycles. The third kappa shape index (κ3) is 3.57. The third-order valence-corrected chi connectivity index (χ3v) is 2.91. The van der Waals surface area contributed by atoms with Crippen LogP contribution < -0.4 is 10.6 Å². The van der Waals surface area contributed by atoms with Crippen LogP contribution in [0.25, 0.3) is 0 Å². The Morgan fingerprint density at radius 2 is 2.05 bits per heavy atom. The minimum Gasteiger partial charge on any atom is -0.366 e. The molecule has 2 rings (SSSR count). The number of nitrogens with one attached hydrogen (secondary N) is 2. The molecule has 2 aromatic rings. The second kappa shape index (κ2) is 6.70. The predicted octanol–water partition coefficient (Wildman–Crippen LogP) is 3.94. The molecule has 0 saturated carbocycles. The van der Waals surface area contributed by atoms with Gasteiger partial charge in [-0.1, -0.05) is 38.1 Å². The van der Waals surface area contributed by atoms with Crippen molar-refractivity contribution in [2.24, 2.45) is 0 Å². The minimum absolute atomic E-state index is 0.445. The maximum atomic E-state index is 4.42. The van der Waals surface area contributed by atoms with Crippen LogP contribution in [0.15, 0.2) is 49.2 Å². The standard InChI is InChI=1S/C16H20N4/c1-4-10-17-15-9-11-18-16(20-15)19-14-8-6-5-7-13(14)12(2)3/h4-9,11-12H,1,10H2,2-3H3,(H2,17,18,19,20). The van der Waals surface area contributed by atoms with E-state index in [2.05, 4.69) is 47.1 Å². The first-order valence-corrected chi connectivity index (χ1v) is 6.74. The molecule has 0 spiro atoms. The molecular formula is C16H20N4. The van der Waals surface area contributed by atoms with Crippen molar-refractivity contribution in [3.63, 3.8) is 0 Å². The summed E-state index contributed by atoms with van der Waals surface area (Å²) in [7, 11) is 0. The highest BCUT2D eigenvalue weighted by Gasteiger charge is 2.07. The summed E-state index contributed by atoms with van der Waals surface area (Å²) in [6, 6.07) is 10.1. The molecule has 0 amide bonds. The Bertz CT molecular complexity index is 578. The summed E-state index contributed by atoms with van der Waals surface area (Å²) in [6.07, 6.45) is 3.53. The van der Waals surface area contributed by atoms with Gasteiger partial charge in [0.2, 0.25) is 5.95 Å². The number of hydrogen-bond donors (Lipinski definition) is 2. The topological polar surface area (TPSA) is 49.8 Å². The molecule has 0 atom stereocenters. The van der Waals surface area contributed by atoms with E-state index >= 15 is 0 Å². The molecule has 1 aromatic carbocycles. The lowest BCUT2D eigenvalue weighted by Crippen LogP contribution is -2.05. The molecule has 20 heavy (non-hydrogen) atoms. The van der Waals surface area contributed by atoms with Gasteiger partial charge in [0.15, 0.2) is 0 Å². The predicted molar refractivity (Wildman–Crippen MR) is 84.5 cm³/mol. The zero-order valence-corrected chi connectivity index (χ0v) is 11.9. The number of hydrogen-bond acceptors (Lipinski definition) is 4. The van der Waals surface area contributed by atoms with E-state index in [-0.39, 0.29) is 0 Å². The van der Waals surface area contributed by atoms with Gasteiger partial charge in [0, 0.05) is 18.4 Å². The van der Waals surface area contributed by atoms with Gasteiger partial charge >= 0.3 is 0 Å². The molecule has 0 saturated heterocycles. The van der Waals surface area contributed by atoms with E-state index in [0.717, 1.165) is 11.5 Å². The van der Waals surface area contributed by atoms with Crippen molar-refractivity contribution in [1.29, 1.82) is 0 Å². The first-order chi connectivity index (χ1) is 9.70. The van der Waals surface area contributed by atoms with Crippen LogP contribution in [0, 0.1) is 0 Å². The largest absolute Gasteiger partial charge is 0.366 e. The van der Waals surface area contributed by atoms with Crippen LogP contribution in [0.3, 0.4) is 0 Å². The van der Waals surface area contributed by atoms with Gasteiger partial charge in [-0.15, -0.1) is 6.58 Å². The number of nitrogens with zero attached hydrogens (tertiary/aromatic N) is 2. The smallest absolute Gasteiger partial charge is 0.229 e. The van der Waals surface area contributed by atoms with Crippen LogP contribution in [0.4, 0.5) is 17.5 Å². The highest BCUT2D eigenvalue weighted by atomic mass is 15.1. The van der Waals surface area contributed by atoms with Crippen molar-refractivity contribution in [1.82, 2.24) is 9.97 Å². The Morgan fingerprint density at radius 3 is 2.80 bits per heavy atom. The minimum atomic E-state index is 0.445. The second-order valence-corrected chi connectivity index (χ2v) is 4.80. The second-order valence-electron chi connectivity index (χ2n) is 4.80. The Balaban J connectivity index is 2.19. The van der Waals surface area contributed by atoms with Gasteiger partial charge in [0.1, 0.15) is 5.82 Å². The summed E-state index contributed by atoms with van der Waals surface area (Å²) >= 11 is 0. The molecule has 0 unspecified atom stereocenters. The highest BCUT2D eigenvalue weighted by Crippen LogP contribution is 2.25. The van der Waals surface area contributed by atoms with Crippen LogP contribution in [0.5, 0.6) is 0 Å². The Hall–Kier alpha value is -2.36. The molecule has 0 aliphatic carbocycles. The van der Waals surface area contributed by atoms with Crippen LogP contribution >= 0.6 is 0 Å². The molecule has 0 fully saturated rings. The first-order valence-electron chi connectivity index (χ1n) is 6.74. The van der Waals surface area contributed by atoms with Gasteiger partial charge in [-0.05, 0) is 23.6 Å². The van der Waals surface area contributed by atoms with E-state index in [1.165, 1.54) is 5.56 Å². The van der Waals surface area contributed by atoms with E-state index in [1.54, 1.807) is 12.3 Å². The van der Waals surface area contributed by atoms with Gasteiger partial charge in [0.25, 0.3) is 0 Å². The van der Waals surface area contributed by atoms with Gasteiger partial charge in [-0.2, -0.15) is 4.98 Å². The number of rotatable bonds is 6. The Morgan fingerprint density at radius 1 is 1.25 bits per heavy atom. The molecule has 0 bridgehead atoms. The van der Waals surface area contributed by atoms with E-state index in [4.69, 9.17) is 0 Å². The van der Waals surface area contributed by atoms with E-state index < -0.39 is 0 Å². The maximum absolute atomic E-state index is 4.42. The van der Waals surface area contributed by atoms with Crippen molar-refractivity contribution in [3.8, 4) is 0 Å². The van der Waals surface area contributed by atoms with E-state index in [0.29, 0.717) is 18.4 Å². The average molecular weight is 268 g/mol. The zero-order chi connectivity index (χ0) is 14.4. The van der Waals surface area contributed by atoms with Gasteiger partial charge in [0.05, 0.1) is 0 Å². The molecule has 0 aliphatic rings. The quantitative estimate of drug-likeness (QED) is 0.779. The molecule has 0 aliphatic heterocycles. The van der Waals surface area contributed by atoms with Gasteiger partial charge in [-0.3, -0.25) is 0 Å². The summed E-state index contributed by atoms with van der Waals surface area (Å²) in [6.45, 7) is 8.70. The normalized spacial score (nSPS) is 10.3. The third-order valence-electron chi connectivity index (χ3n) is 2.91. The lowest BCUT2D eigenvalue weighted by molar-refractivity contribution is 0.868. The lowest BCUT2D eigenvalue weighted by atomic mass is 10.0. The van der Waals surface area contributed by atoms with Crippen molar-refractivity contribution in [3.05, 3.63) is 54.7 Å². The van der Waals surface area contributed by atoms with Crippen molar-refractivity contribution < 1.29 is 0 Å². The lowest BCUT2D eigenvalue weighted by Gasteiger charge is -2.13. The number of anilines is 3. The van der Waals surface area contributed by atoms with Crippen LogP contribution in [0.1, 0.15) is 25.3 Å². The van der Waals surface area contributed by atoms with Crippen LogP contribution in [-0.4, -0.2) is 16.5 Å². The fourth-order valence-electron chi connectivity index (χ4n) is 1.93. The fraction of sp³-hybridized carbons (Fsp3) is 0.250. The van der Waals surface area contributed by atoms with Crippen LogP contribution in [0.2, 0.25) is 0 Å². The first kappa shape index (κ1) is 14.1. The average Bonchev–Trinajstić information content (AvgIpc) is 2.46. The number of aromatic nitrogens is 2.